The number of nitrogens with two attached hydrogens (primary N) is 1. The zero-order chi connectivity index (χ0) is 13.8. The average molecular weight is 262 g/mol. The van der Waals surface area contributed by atoms with E-state index in [0.29, 0.717) is 5.69 Å². The lowest BCUT2D eigenvalue weighted by Gasteiger charge is -2.28. The van der Waals surface area contributed by atoms with Crippen molar-refractivity contribution in [3.05, 3.63) is 23.8 Å². The van der Waals surface area contributed by atoms with Gasteiger partial charge in [0.2, 0.25) is 0 Å². The van der Waals surface area contributed by atoms with E-state index in [1.807, 2.05) is 13.1 Å². The fourth-order valence-electron chi connectivity index (χ4n) is 2.84. The summed E-state index contributed by atoms with van der Waals surface area (Å²) in [7, 11) is 2.05. The number of benzene rings is 1. The van der Waals surface area contributed by atoms with Crippen molar-refractivity contribution in [3.8, 4) is 0 Å². The molecule has 0 aromatic heterocycles. The monoisotopic (exact) mass is 262 g/mol. The summed E-state index contributed by atoms with van der Waals surface area (Å²) in [5.41, 5.74) is 7.29. The first kappa shape index (κ1) is 13.7. The van der Waals surface area contributed by atoms with Crippen LogP contribution in [0.15, 0.2) is 18.2 Å². The van der Waals surface area contributed by atoms with Crippen molar-refractivity contribution < 1.29 is 9.90 Å². The first-order valence-corrected chi connectivity index (χ1v) is 6.92. The summed E-state index contributed by atoms with van der Waals surface area (Å²) in [6.07, 6.45) is 6.62. The first-order valence-electron chi connectivity index (χ1n) is 6.92. The van der Waals surface area contributed by atoms with Crippen LogP contribution < -0.4 is 10.6 Å². The van der Waals surface area contributed by atoms with Crippen molar-refractivity contribution in [2.75, 3.05) is 24.2 Å². The topological polar surface area (TPSA) is 66.6 Å². The smallest absolute Gasteiger partial charge is 0.337 e. The van der Waals surface area contributed by atoms with Gasteiger partial charge in [0.25, 0.3) is 0 Å². The fourth-order valence-corrected chi connectivity index (χ4v) is 2.84. The van der Waals surface area contributed by atoms with Crippen LogP contribution in [0.1, 0.15) is 42.5 Å². The summed E-state index contributed by atoms with van der Waals surface area (Å²) >= 11 is 0. The Morgan fingerprint density at radius 2 is 2.05 bits per heavy atom. The molecular weight excluding hydrogens is 240 g/mol. The van der Waals surface area contributed by atoms with Crippen molar-refractivity contribution in [2.45, 2.75) is 32.1 Å². The van der Waals surface area contributed by atoms with Gasteiger partial charge in [-0.15, -0.1) is 0 Å². The van der Waals surface area contributed by atoms with Crippen LogP contribution in [-0.2, 0) is 0 Å². The lowest BCUT2D eigenvalue weighted by Crippen LogP contribution is -2.26. The van der Waals surface area contributed by atoms with E-state index in [1.165, 1.54) is 32.1 Å². The van der Waals surface area contributed by atoms with E-state index in [2.05, 4.69) is 4.90 Å². The maximum Gasteiger partial charge on any atom is 0.337 e. The van der Waals surface area contributed by atoms with Crippen LogP contribution in [0, 0.1) is 5.92 Å². The maximum atomic E-state index is 10.9. The molecule has 0 heterocycles. The lowest BCUT2D eigenvalue weighted by atomic mass is 9.89. The van der Waals surface area contributed by atoms with Gasteiger partial charge in [-0.2, -0.15) is 0 Å². The molecule has 0 atom stereocenters. The van der Waals surface area contributed by atoms with Gasteiger partial charge in [-0.1, -0.05) is 19.3 Å². The number of carboxylic acids is 1. The van der Waals surface area contributed by atoms with E-state index in [4.69, 9.17) is 10.8 Å². The fraction of sp³-hybridized carbons (Fsp3) is 0.533. The molecule has 1 aliphatic carbocycles. The third kappa shape index (κ3) is 3.40. The van der Waals surface area contributed by atoms with Gasteiger partial charge >= 0.3 is 5.97 Å². The summed E-state index contributed by atoms with van der Waals surface area (Å²) in [5.74, 6) is -0.224. The Hall–Kier alpha value is -1.71. The van der Waals surface area contributed by atoms with Crippen LogP contribution in [-0.4, -0.2) is 24.7 Å². The molecule has 1 saturated carbocycles. The largest absolute Gasteiger partial charge is 0.478 e. The number of carbonyl (C=O) groups is 1. The maximum absolute atomic E-state index is 10.9. The second-order valence-corrected chi connectivity index (χ2v) is 5.46. The van der Waals surface area contributed by atoms with Crippen LogP contribution in [0.25, 0.3) is 0 Å². The molecule has 4 heteroatoms. The van der Waals surface area contributed by atoms with Gasteiger partial charge in [-0.25, -0.2) is 4.79 Å². The molecule has 1 aliphatic rings. The highest BCUT2D eigenvalue weighted by Crippen LogP contribution is 2.27. The molecule has 1 fully saturated rings. The SMILES string of the molecule is CN(CC1CCCCC1)c1ccc(C(=O)O)c(N)c1. The standard InChI is InChI=1S/C15H22N2O2/c1-17(10-11-5-3-2-4-6-11)12-7-8-13(15(18)19)14(16)9-12/h7-9,11H,2-6,10,16H2,1H3,(H,18,19). The molecule has 0 saturated heterocycles. The summed E-state index contributed by atoms with van der Waals surface area (Å²) in [6, 6.07) is 5.18. The highest BCUT2D eigenvalue weighted by atomic mass is 16.4. The quantitative estimate of drug-likeness (QED) is 0.819. The number of anilines is 2. The molecule has 2 rings (SSSR count). The van der Waals surface area contributed by atoms with Gasteiger partial charge in [0.1, 0.15) is 0 Å². The Balaban J connectivity index is 2.04. The third-order valence-corrected chi connectivity index (χ3v) is 3.96. The lowest BCUT2D eigenvalue weighted by molar-refractivity contribution is 0.0698. The number of rotatable bonds is 4. The summed E-state index contributed by atoms with van der Waals surface area (Å²) in [6.45, 7) is 1.02. The van der Waals surface area contributed by atoms with Crippen LogP contribution in [0.3, 0.4) is 0 Å². The molecule has 3 N–H and O–H groups in total. The number of aromatic carboxylic acids is 1. The highest BCUT2D eigenvalue weighted by molar-refractivity contribution is 5.94. The molecule has 0 bridgehead atoms. The molecule has 0 unspecified atom stereocenters. The Bertz CT molecular complexity index is 453. The van der Waals surface area contributed by atoms with Crippen LogP contribution in [0.2, 0.25) is 0 Å². The molecule has 0 amide bonds. The Morgan fingerprint density at radius 1 is 1.37 bits per heavy atom. The van der Waals surface area contributed by atoms with E-state index in [0.717, 1.165) is 18.2 Å². The van der Waals surface area contributed by atoms with E-state index in [1.54, 1.807) is 12.1 Å². The van der Waals surface area contributed by atoms with Crippen molar-refractivity contribution in [3.63, 3.8) is 0 Å². The zero-order valence-electron chi connectivity index (χ0n) is 11.4. The van der Waals surface area contributed by atoms with Crippen molar-refractivity contribution in [1.29, 1.82) is 0 Å². The molecular formula is C15H22N2O2. The molecule has 104 valence electrons. The van der Waals surface area contributed by atoms with Crippen molar-refractivity contribution in [2.24, 2.45) is 5.92 Å². The molecule has 19 heavy (non-hydrogen) atoms. The minimum absolute atomic E-state index is 0.176. The van der Waals surface area contributed by atoms with E-state index in [-0.39, 0.29) is 5.56 Å². The van der Waals surface area contributed by atoms with Gasteiger partial charge < -0.3 is 15.7 Å². The van der Waals surface area contributed by atoms with Gasteiger partial charge in [0.15, 0.2) is 0 Å². The number of carboxylic acid groups (broad SMARTS) is 1. The Labute approximate surface area is 114 Å². The molecule has 1 aromatic rings. The molecule has 0 spiro atoms. The average Bonchev–Trinajstić information content (AvgIpc) is 2.39. The summed E-state index contributed by atoms with van der Waals surface area (Å²) in [4.78, 5) is 13.1. The van der Waals surface area contributed by atoms with Gasteiger partial charge in [0, 0.05) is 25.0 Å². The van der Waals surface area contributed by atoms with Gasteiger partial charge in [-0.05, 0) is 37.0 Å². The van der Waals surface area contributed by atoms with Crippen LogP contribution >= 0.6 is 0 Å². The third-order valence-electron chi connectivity index (χ3n) is 3.96. The predicted molar refractivity (Wildman–Crippen MR) is 77.7 cm³/mol. The van der Waals surface area contributed by atoms with E-state index >= 15 is 0 Å². The second kappa shape index (κ2) is 5.95. The van der Waals surface area contributed by atoms with Crippen LogP contribution in [0.5, 0.6) is 0 Å². The zero-order valence-corrected chi connectivity index (χ0v) is 11.4. The normalized spacial score (nSPS) is 16.3. The Morgan fingerprint density at radius 3 is 2.63 bits per heavy atom. The second-order valence-electron chi connectivity index (χ2n) is 5.46. The predicted octanol–water partition coefficient (Wildman–Crippen LogP) is 2.98. The summed E-state index contributed by atoms with van der Waals surface area (Å²) in [5, 5.41) is 8.96. The Kier molecular flexibility index (Phi) is 4.30. The number of nitrogen functional groups attached to an aromatic ring is 1. The van der Waals surface area contributed by atoms with Gasteiger partial charge in [-0.3, -0.25) is 0 Å². The van der Waals surface area contributed by atoms with E-state index < -0.39 is 5.97 Å². The molecule has 4 nitrogen and oxygen atoms in total. The molecule has 0 aliphatic heterocycles. The number of hydrogen-bond donors (Lipinski definition) is 2. The highest BCUT2D eigenvalue weighted by Gasteiger charge is 2.16. The van der Waals surface area contributed by atoms with E-state index in [9.17, 15) is 4.79 Å². The van der Waals surface area contributed by atoms with Crippen molar-refractivity contribution in [1.82, 2.24) is 0 Å². The minimum atomic E-state index is -0.973. The first-order chi connectivity index (χ1) is 9.08. The molecule has 0 radical (unpaired) electrons. The number of hydrogen-bond acceptors (Lipinski definition) is 3. The van der Waals surface area contributed by atoms with Crippen molar-refractivity contribution >= 4 is 17.3 Å². The molecule has 1 aromatic carbocycles. The summed E-state index contributed by atoms with van der Waals surface area (Å²) < 4.78 is 0. The number of nitrogens with zero attached hydrogens (tertiary/aromatic N) is 1. The van der Waals surface area contributed by atoms with Crippen LogP contribution in [0.4, 0.5) is 11.4 Å². The minimum Gasteiger partial charge on any atom is -0.478 e. The van der Waals surface area contributed by atoms with Gasteiger partial charge in [0.05, 0.1) is 5.56 Å².